The molecule has 2 saturated heterocycles. The van der Waals surface area contributed by atoms with E-state index in [0.29, 0.717) is 45.5 Å². The highest BCUT2D eigenvalue weighted by molar-refractivity contribution is 5.98. The van der Waals surface area contributed by atoms with Crippen LogP contribution in [-0.2, 0) is 15.8 Å². The Labute approximate surface area is 156 Å². The molecule has 1 amide bonds. The number of nitrogens with zero attached hydrogens (tertiary/aromatic N) is 2. The summed E-state index contributed by atoms with van der Waals surface area (Å²) in [6.45, 7) is 2.97. The van der Waals surface area contributed by atoms with Crippen LogP contribution >= 0.6 is 0 Å². The number of alkyl halides is 3. The first-order chi connectivity index (χ1) is 12.8. The first-order valence-electron chi connectivity index (χ1n) is 9.22. The van der Waals surface area contributed by atoms with Crippen molar-refractivity contribution >= 4 is 11.7 Å². The monoisotopic (exact) mass is 384 g/mol. The Hall–Kier alpha value is -1.93. The van der Waals surface area contributed by atoms with Gasteiger partial charge in [0.05, 0.1) is 12.2 Å². The van der Waals surface area contributed by atoms with Crippen LogP contribution in [-0.4, -0.2) is 54.4 Å². The van der Waals surface area contributed by atoms with Crippen LogP contribution in [0.3, 0.4) is 0 Å². The van der Waals surface area contributed by atoms with E-state index in [2.05, 4.69) is 0 Å². The summed E-state index contributed by atoms with van der Waals surface area (Å²) in [7, 11) is 0. The zero-order valence-corrected chi connectivity index (χ0v) is 15.0. The summed E-state index contributed by atoms with van der Waals surface area (Å²) in [4.78, 5) is 32.1. The van der Waals surface area contributed by atoms with E-state index in [9.17, 15) is 22.8 Å². The minimum absolute atomic E-state index is 0.0181. The van der Waals surface area contributed by atoms with Crippen molar-refractivity contribution in [3.05, 3.63) is 35.4 Å². The molecule has 148 valence electrons. The maximum Gasteiger partial charge on any atom is 0.416 e. The van der Waals surface area contributed by atoms with Gasteiger partial charge in [0.1, 0.15) is 0 Å². The summed E-state index contributed by atoms with van der Waals surface area (Å²) in [5.74, 6) is -0.595. The van der Waals surface area contributed by atoms with Gasteiger partial charge >= 0.3 is 6.18 Å². The van der Waals surface area contributed by atoms with Gasteiger partial charge in [0, 0.05) is 44.1 Å². The molecule has 27 heavy (non-hydrogen) atoms. The van der Waals surface area contributed by atoms with Crippen LogP contribution in [0.2, 0.25) is 0 Å². The standard InChI is InChI=1S/C19H23F3N2O3/c20-19(21,22)16-6-4-14(5-7-16)18(26)15-3-1-9-23(13-15)17(25)8-11-24-10-2-12-27-24/h4-7,15H,1-3,8-13H2/t15-/m1/s1. The van der Waals surface area contributed by atoms with Crippen LogP contribution in [0.15, 0.2) is 24.3 Å². The van der Waals surface area contributed by atoms with Crippen LogP contribution in [0.1, 0.15) is 41.6 Å². The van der Waals surface area contributed by atoms with Crippen molar-refractivity contribution in [2.24, 2.45) is 5.92 Å². The maximum atomic E-state index is 12.7. The fraction of sp³-hybridized carbons (Fsp3) is 0.579. The van der Waals surface area contributed by atoms with Crippen LogP contribution in [0.5, 0.6) is 0 Å². The lowest BCUT2D eigenvalue weighted by atomic mass is 9.89. The molecule has 0 aliphatic carbocycles. The van der Waals surface area contributed by atoms with Gasteiger partial charge in [-0.15, -0.1) is 0 Å². The Balaban J connectivity index is 1.56. The molecule has 2 fully saturated rings. The van der Waals surface area contributed by atoms with Gasteiger partial charge < -0.3 is 4.90 Å². The van der Waals surface area contributed by atoms with Gasteiger partial charge in [-0.05, 0) is 31.4 Å². The zero-order chi connectivity index (χ0) is 19.4. The first-order valence-corrected chi connectivity index (χ1v) is 9.22. The van der Waals surface area contributed by atoms with Crippen molar-refractivity contribution in [1.82, 2.24) is 9.96 Å². The third kappa shape index (κ3) is 5.07. The van der Waals surface area contributed by atoms with Gasteiger partial charge in [0.2, 0.25) is 5.91 Å². The van der Waals surface area contributed by atoms with Gasteiger partial charge in [-0.1, -0.05) is 12.1 Å². The fourth-order valence-electron chi connectivity index (χ4n) is 3.53. The van der Waals surface area contributed by atoms with Crippen molar-refractivity contribution in [3.63, 3.8) is 0 Å². The Morgan fingerprint density at radius 1 is 1.11 bits per heavy atom. The molecule has 0 bridgehead atoms. The second-order valence-electron chi connectivity index (χ2n) is 6.98. The fourth-order valence-corrected chi connectivity index (χ4v) is 3.53. The normalized spacial score (nSPS) is 21.4. The Kier molecular flexibility index (Phi) is 6.16. The van der Waals surface area contributed by atoms with E-state index in [0.717, 1.165) is 25.1 Å². The number of hydrogen-bond donors (Lipinski definition) is 0. The third-order valence-corrected chi connectivity index (χ3v) is 5.04. The van der Waals surface area contributed by atoms with Gasteiger partial charge in [-0.25, -0.2) is 0 Å². The third-order valence-electron chi connectivity index (χ3n) is 5.04. The molecule has 2 heterocycles. The van der Waals surface area contributed by atoms with E-state index in [4.69, 9.17) is 4.84 Å². The molecule has 0 unspecified atom stereocenters. The molecule has 0 aromatic heterocycles. The number of carbonyl (C=O) groups is 2. The van der Waals surface area contributed by atoms with Crippen molar-refractivity contribution in [1.29, 1.82) is 0 Å². The Bertz CT molecular complexity index is 670. The number of hydrogen-bond acceptors (Lipinski definition) is 4. The SMILES string of the molecule is O=C(c1ccc(C(F)(F)F)cc1)[C@@H]1CCCN(C(=O)CCN2CCCO2)C1. The average molecular weight is 384 g/mol. The molecule has 0 N–H and O–H groups in total. The second-order valence-corrected chi connectivity index (χ2v) is 6.98. The van der Waals surface area contributed by atoms with E-state index in [1.54, 1.807) is 9.96 Å². The van der Waals surface area contributed by atoms with Crippen molar-refractivity contribution in [2.45, 2.75) is 31.9 Å². The van der Waals surface area contributed by atoms with E-state index in [1.165, 1.54) is 12.1 Å². The van der Waals surface area contributed by atoms with E-state index < -0.39 is 11.7 Å². The number of piperidine rings is 1. The van der Waals surface area contributed by atoms with Crippen molar-refractivity contribution < 1.29 is 27.6 Å². The van der Waals surface area contributed by atoms with Crippen LogP contribution < -0.4 is 0 Å². The minimum atomic E-state index is -4.42. The number of ketones is 1. The average Bonchev–Trinajstić information content (AvgIpc) is 3.18. The molecular formula is C19H23F3N2O3. The Morgan fingerprint density at radius 2 is 1.85 bits per heavy atom. The van der Waals surface area contributed by atoms with E-state index in [-0.39, 0.29) is 23.2 Å². The van der Waals surface area contributed by atoms with Crippen LogP contribution in [0.25, 0.3) is 0 Å². The molecule has 5 nitrogen and oxygen atoms in total. The zero-order valence-electron chi connectivity index (χ0n) is 15.0. The topological polar surface area (TPSA) is 49.9 Å². The molecule has 0 radical (unpaired) electrons. The number of carbonyl (C=O) groups excluding carboxylic acids is 2. The molecule has 0 saturated carbocycles. The minimum Gasteiger partial charge on any atom is -0.342 e. The van der Waals surface area contributed by atoms with Crippen LogP contribution in [0, 0.1) is 5.92 Å². The number of Topliss-reactive ketones (excluding diaryl/α,β-unsaturated/α-hetero) is 1. The predicted octanol–water partition coefficient (Wildman–Crippen LogP) is 3.15. The smallest absolute Gasteiger partial charge is 0.342 e. The molecule has 1 aromatic carbocycles. The number of benzene rings is 1. The maximum absolute atomic E-state index is 12.7. The summed E-state index contributed by atoms with van der Waals surface area (Å²) in [6.07, 6.45) is -1.78. The summed E-state index contributed by atoms with van der Waals surface area (Å²) < 4.78 is 38.0. The molecule has 1 aromatic rings. The summed E-state index contributed by atoms with van der Waals surface area (Å²) in [5, 5.41) is 1.78. The Morgan fingerprint density at radius 3 is 2.48 bits per heavy atom. The van der Waals surface area contributed by atoms with Gasteiger partial charge in [-0.2, -0.15) is 18.2 Å². The first kappa shape index (κ1) is 19.8. The molecule has 8 heteroatoms. The highest BCUT2D eigenvalue weighted by Gasteiger charge is 2.32. The number of hydroxylamine groups is 2. The molecule has 0 spiro atoms. The number of likely N-dealkylation sites (tertiary alicyclic amines) is 1. The summed E-state index contributed by atoms with van der Waals surface area (Å²) in [6, 6.07) is 4.29. The van der Waals surface area contributed by atoms with Gasteiger partial charge in [-0.3, -0.25) is 14.4 Å². The van der Waals surface area contributed by atoms with Crippen molar-refractivity contribution in [2.75, 3.05) is 32.8 Å². The van der Waals surface area contributed by atoms with Gasteiger partial charge in [0.25, 0.3) is 0 Å². The molecule has 3 rings (SSSR count). The predicted molar refractivity (Wildman–Crippen MR) is 91.8 cm³/mol. The van der Waals surface area contributed by atoms with E-state index >= 15 is 0 Å². The number of halogens is 3. The highest BCUT2D eigenvalue weighted by atomic mass is 19.4. The van der Waals surface area contributed by atoms with E-state index in [1.807, 2.05) is 0 Å². The quantitative estimate of drug-likeness (QED) is 0.732. The lowest BCUT2D eigenvalue weighted by Gasteiger charge is -2.32. The number of rotatable bonds is 5. The molecular weight excluding hydrogens is 361 g/mol. The molecule has 1 atom stereocenters. The molecule has 2 aliphatic rings. The summed E-state index contributed by atoms with van der Waals surface area (Å²) in [5.41, 5.74) is -0.517. The largest absolute Gasteiger partial charge is 0.416 e. The lowest BCUT2D eigenvalue weighted by Crippen LogP contribution is -2.43. The van der Waals surface area contributed by atoms with Crippen molar-refractivity contribution in [3.8, 4) is 0 Å². The number of amides is 1. The van der Waals surface area contributed by atoms with Crippen LogP contribution in [0.4, 0.5) is 13.2 Å². The molecule has 2 aliphatic heterocycles. The highest BCUT2D eigenvalue weighted by Crippen LogP contribution is 2.30. The second kappa shape index (κ2) is 8.39. The summed E-state index contributed by atoms with van der Waals surface area (Å²) >= 11 is 0. The lowest BCUT2D eigenvalue weighted by molar-refractivity contribution is -0.140. The van der Waals surface area contributed by atoms with Gasteiger partial charge in [0.15, 0.2) is 5.78 Å².